The minimum absolute atomic E-state index is 0.0360. The zero-order valence-corrected chi connectivity index (χ0v) is 11.5. The number of rotatable bonds is 7. The van der Waals surface area contributed by atoms with E-state index in [-0.39, 0.29) is 12.5 Å². The average Bonchev–Trinajstić information content (AvgIpc) is 2.36. The largest absolute Gasteiger partial charge is 0.484 e. The first-order valence-electron chi connectivity index (χ1n) is 5.90. The summed E-state index contributed by atoms with van der Waals surface area (Å²) in [5, 5.41) is 3.64. The first-order chi connectivity index (χ1) is 8.63. The van der Waals surface area contributed by atoms with Gasteiger partial charge in [0.05, 0.1) is 0 Å². The van der Waals surface area contributed by atoms with Crippen LogP contribution in [0.15, 0.2) is 24.3 Å². The van der Waals surface area contributed by atoms with Crippen LogP contribution in [0.3, 0.4) is 0 Å². The third-order valence-corrected chi connectivity index (χ3v) is 2.74. The van der Waals surface area contributed by atoms with E-state index in [1.807, 2.05) is 7.05 Å². The number of amides is 1. The molecular weight excluding hydrogens is 252 g/mol. The molecular formula is C13H19ClN2O2. The SMILES string of the molecule is CNCCCN(C)C(=O)COc1cccc(Cl)c1. The van der Waals surface area contributed by atoms with Crippen LogP contribution in [-0.2, 0) is 4.79 Å². The van der Waals surface area contributed by atoms with Crippen LogP contribution >= 0.6 is 11.6 Å². The minimum Gasteiger partial charge on any atom is -0.484 e. The maximum absolute atomic E-state index is 11.7. The topological polar surface area (TPSA) is 41.6 Å². The lowest BCUT2D eigenvalue weighted by atomic mass is 10.3. The molecule has 5 heteroatoms. The van der Waals surface area contributed by atoms with Crippen LogP contribution in [0.5, 0.6) is 5.75 Å². The summed E-state index contributed by atoms with van der Waals surface area (Å²) < 4.78 is 5.38. The summed E-state index contributed by atoms with van der Waals surface area (Å²) >= 11 is 5.82. The maximum Gasteiger partial charge on any atom is 0.260 e. The summed E-state index contributed by atoms with van der Waals surface area (Å²) in [4.78, 5) is 13.4. The third kappa shape index (κ3) is 5.38. The van der Waals surface area contributed by atoms with Gasteiger partial charge in [0.2, 0.25) is 0 Å². The fourth-order valence-electron chi connectivity index (χ4n) is 1.43. The second kappa shape index (κ2) is 7.95. The molecule has 0 unspecified atom stereocenters. The van der Waals surface area contributed by atoms with E-state index in [2.05, 4.69) is 5.32 Å². The summed E-state index contributed by atoms with van der Waals surface area (Å²) in [6.07, 6.45) is 0.926. The second-order valence-corrected chi connectivity index (χ2v) is 4.45. The number of carbonyl (C=O) groups excluding carboxylic acids is 1. The van der Waals surface area contributed by atoms with Crippen LogP contribution in [0.2, 0.25) is 5.02 Å². The average molecular weight is 271 g/mol. The monoisotopic (exact) mass is 270 g/mol. The normalized spacial score (nSPS) is 10.2. The van der Waals surface area contributed by atoms with Gasteiger partial charge in [-0.15, -0.1) is 0 Å². The van der Waals surface area contributed by atoms with Crippen molar-refractivity contribution in [2.75, 3.05) is 33.8 Å². The Morgan fingerprint density at radius 3 is 2.94 bits per heavy atom. The Kier molecular flexibility index (Phi) is 6.54. The molecule has 0 atom stereocenters. The van der Waals surface area contributed by atoms with Gasteiger partial charge < -0.3 is 15.0 Å². The van der Waals surface area contributed by atoms with Crippen molar-refractivity contribution in [1.29, 1.82) is 0 Å². The van der Waals surface area contributed by atoms with Crippen LogP contribution in [-0.4, -0.2) is 44.6 Å². The highest BCUT2D eigenvalue weighted by Gasteiger charge is 2.08. The molecule has 0 saturated heterocycles. The first kappa shape index (κ1) is 14.8. The number of ether oxygens (including phenoxy) is 1. The number of likely N-dealkylation sites (N-methyl/N-ethyl adjacent to an activating group) is 1. The molecule has 0 saturated carbocycles. The number of hydrogen-bond donors (Lipinski definition) is 1. The van der Waals surface area contributed by atoms with Gasteiger partial charge in [0, 0.05) is 18.6 Å². The molecule has 1 aromatic rings. The van der Waals surface area contributed by atoms with Gasteiger partial charge in [0.15, 0.2) is 6.61 Å². The number of benzene rings is 1. The van der Waals surface area contributed by atoms with Crippen LogP contribution in [0.25, 0.3) is 0 Å². The molecule has 18 heavy (non-hydrogen) atoms. The number of halogens is 1. The fourth-order valence-corrected chi connectivity index (χ4v) is 1.61. The molecule has 0 radical (unpaired) electrons. The standard InChI is InChI=1S/C13H19ClN2O2/c1-15-7-4-8-16(2)13(17)10-18-12-6-3-5-11(14)9-12/h3,5-6,9,15H,4,7-8,10H2,1-2H3. The maximum atomic E-state index is 11.7. The van der Waals surface area contributed by atoms with E-state index in [9.17, 15) is 4.79 Å². The molecule has 1 aromatic carbocycles. The van der Waals surface area contributed by atoms with Crippen molar-refractivity contribution in [2.45, 2.75) is 6.42 Å². The van der Waals surface area contributed by atoms with Gasteiger partial charge in [-0.25, -0.2) is 0 Å². The second-order valence-electron chi connectivity index (χ2n) is 4.02. The summed E-state index contributed by atoms with van der Waals surface area (Å²) in [7, 11) is 3.67. The van der Waals surface area contributed by atoms with E-state index in [4.69, 9.17) is 16.3 Å². The summed E-state index contributed by atoms with van der Waals surface area (Å²) in [5.74, 6) is 0.575. The zero-order chi connectivity index (χ0) is 13.4. The lowest BCUT2D eigenvalue weighted by Gasteiger charge is -2.17. The van der Waals surface area contributed by atoms with Crippen molar-refractivity contribution in [3.63, 3.8) is 0 Å². The highest BCUT2D eigenvalue weighted by atomic mass is 35.5. The Balaban J connectivity index is 2.32. The van der Waals surface area contributed by atoms with Crippen LogP contribution in [0.4, 0.5) is 0 Å². The summed E-state index contributed by atoms with van der Waals surface area (Å²) in [5.41, 5.74) is 0. The fraction of sp³-hybridized carbons (Fsp3) is 0.462. The Labute approximate surface area is 113 Å². The minimum atomic E-state index is -0.0360. The third-order valence-electron chi connectivity index (χ3n) is 2.50. The van der Waals surface area contributed by atoms with E-state index in [1.54, 1.807) is 36.2 Å². The molecule has 0 aromatic heterocycles. The molecule has 0 heterocycles. The van der Waals surface area contributed by atoms with Crippen molar-refractivity contribution in [3.8, 4) is 5.75 Å². The Hall–Kier alpha value is -1.26. The molecule has 0 aliphatic carbocycles. The molecule has 100 valence electrons. The number of hydrogen-bond acceptors (Lipinski definition) is 3. The van der Waals surface area contributed by atoms with Gasteiger partial charge in [-0.05, 0) is 38.2 Å². The van der Waals surface area contributed by atoms with Crippen molar-refractivity contribution < 1.29 is 9.53 Å². The van der Waals surface area contributed by atoms with E-state index in [0.717, 1.165) is 19.5 Å². The van der Waals surface area contributed by atoms with Gasteiger partial charge in [0.1, 0.15) is 5.75 Å². The lowest BCUT2D eigenvalue weighted by Crippen LogP contribution is -2.33. The molecule has 4 nitrogen and oxygen atoms in total. The van der Waals surface area contributed by atoms with Crippen molar-refractivity contribution in [2.24, 2.45) is 0 Å². The molecule has 0 fully saturated rings. The Morgan fingerprint density at radius 2 is 2.28 bits per heavy atom. The van der Waals surface area contributed by atoms with Crippen LogP contribution in [0.1, 0.15) is 6.42 Å². The van der Waals surface area contributed by atoms with Gasteiger partial charge in [-0.2, -0.15) is 0 Å². The molecule has 1 N–H and O–H groups in total. The Bertz CT molecular complexity index is 385. The number of carbonyl (C=O) groups is 1. The van der Waals surface area contributed by atoms with E-state index < -0.39 is 0 Å². The van der Waals surface area contributed by atoms with Crippen molar-refractivity contribution in [1.82, 2.24) is 10.2 Å². The van der Waals surface area contributed by atoms with Gasteiger partial charge in [-0.1, -0.05) is 17.7 Å². The molecule has 1 rings (SSSR count). The Morgan fingerprint density at radius 1 is 1.50 bits per heavy atom. The van der Waals surface area contributed by atoms with Gasteiger partial charge >= 0.3 is 0 Å². The van der Waals surface area contributed by atoms with Crippen molar-refractivity contribution in [3.05, 3.63) is 29.3 Å². The smallest absolute Gasteiger partial charge is 0.260 e. The highest BCUT2D eigenvalue weighted by molar-refractivity contribution is 6.30. The quantitative estimate of drug-likeness (QED) is 0.768. The number of nitrogens with one attached hydrogen (secondary N) is 1. The number of nitrogens with zero attached hydrogens (tertiary/aromatic N) is 1. The molecule has 0 aliphatic heterocycles. The lowest BCUT2D eigenvalue weighted by molar-refractivity contribution is -0.132. The highest BCUT2D eigenvalue weighted by Crippen LogP contribution is 2.16. The molecule has 0 aliphatic rings. The predicted molar refractivity (Wildman–Crippen MR) is 73.1 cm³/mol. The van der Waals surface area contributed by atoms with E-state index in [1.165, 1.54) is 0 Å². The van der Waals surface area contributed by atoms with Crippen molar-refractivity contribution >= 4 is 17.5 Å². The molecule has 0 spiro atoms. The first-order valence-corrected chi connectivity index (χ1v) is 6.28. The van der Waals surface area contributed by atoms with Gasteiger partial charge in [0.25, 0.3) is 5.91 Å². The van der Waals surface area contributed by atoms with Crippen LogP contribution < -0.4 is 10.1 Å². The van der Waals surface area contributed by atoms with E-state index in [0.29, 0.717) is 10.8 Å². The summed E-state index contributed by atoms with van der Waals surface area (Å²) in [6.45, 7) is 1.65. The van der Waals surface area contributed by atoms with E-state index >= 15 is 0 Å². The van der Waals surface area contributed by atoms with Crippen LogP contribution in [0, 0.1) is 0 Å². The molecule has 0 bridgehead atoms. The molecule has 1 amide bonds. The summed E-state index contributed by atoms with van der Waals surface area (Å²) in [6, 6.07) is 7.02. The predicted octanol–water partition coefficient (Wildman–Crippen LogP) is 1.79. The van der Waals surface area contributed by atoms with Gasteiger partial charge in [-0.3, -0.25) is 4.79 Å². The zero-order valence-electron chi connectivity index (χ0n) is 10.8.